The van der Waals surface area contributed by atoms with Gasteiger partial charge in [0.15, 0.2) is 0 Å². The summed E-state index contributed by atoms with van der Waals surface area (Å²) in [5.74, 6) is -0.0278. The second kappa shape index (κ2) is 7.07. The Bertz CT molecular complexity index is 891. The van der Waals surface area contributed by atoms with E-state index in [0.29, 0.717) is 36.8 Å². The number of amides is 2. The molecule has 1 aromatic rings. The van der Waals surface area contributed by atoms with Crippen molar-refractivity contribution in [2.24, 2.45) is 5.41 Å². The largest absolute Gasteiger partial charge is 0.375 e. The third-order valence-electron chi connectivity index (χ3n) is 5.14. The molecule has 1 atom stereocenters. The molecule has 0 fully saturated rings. The predicted molar refractivity (Wildman–Crippen MR) is 104 cm³/mol. The molecule has 0 aromatic heterocycles. The van der Waals surface area contributed by atoms with Gasteiger partial charge in [0.2, 0.25) is 0 Å². The van der Waals surface area contributed by atoms with Gasteiger partial charge in [-0.3, -0.25) is 9.59 Å². The summed E-state index contributed by atoms with van der Waals surface area (Å²) in [6.07, 6.45) is 1.84. The molecule has 3 aliphatic rings. The van der Waals surface area contributed by atoms with Gasteiger partial charge in [-0.1, -0.05) is 51.1 Å². The number of hydrazine groups is 1. The molecular formula is C21H26N4O3. The molecule has 0 saturated heterocycles. The summed E-state index contributed by atoms with van der Waals surface area (Å²) in [7, 11) is 0. The fraction of sp³-hybridized carbons (Fsp3) is 0.429. The van der Waals surface area contributed by atoms with Crippen LogP contribution in [0.15, 0.2) is 53.5 Å². The number of rotatable bonds is 5. The monoisotopic (exact) mass is 383 g/mol. The van der Waals surface area contributed by atoms with Gasteiger partial charge in [0.25, 0.3) is 11.8 Å². The van der Waals surface area contributed by atoms with Crippen molar-refractivity contribution in [3.05, 3.63) is 59.1 Å². The van der Waals surface area contributed by atoms with Crippen LogP contribution in [-0.2, 0) is 20.9 Å². The molecule has 1 aromatic carbocycles. The van der Waals surface area contributed by atoms with Crippen LogP contribution in [0, 0.1) is 5.41 Å². The number of hydrogen-bond donors (Lipinski definition) is 2. The maximum absolute atomic E-state index is 13.0. The number of hydrogen-bond acceptors (Lipinski definition) is 5. The number of nitrogens with zero attached hydrogens (tertiary/aromatic N) is 2. The Labute approximate surface area is 166 Å². The molecule has 3 heterocycles. The molecule has 0 aliphatic carbocycles. The summed E-state index contributed by atoms with van der Waals surface area (Å²) in [6, 6.07) is 9.59. The summed E-state index contributed by atoms with van der Waals surface area (Å²) < 4.78 is 14.1. The second-order valence-corrected chi connectivity index (χ2v) is 8.34. The highest BCUT2D eigenvalue weighted by Gasteiger charge is 2.44. The van der Waals surface area contributed by atoms with Crippen LogP contribution in [0.4, 0.5) is 0 Å². The fourth-order valence-electron chi connectivity index (χ4n) is 3.43. The number of carbonyl (C=O) groups excluding carboxylic acids is 2. The van der Waals surface area contributed by atoms with E-state index < -0.39 is 0 Å². The van der Waals surface area contributed by atoms with Gasteiger partial charge >= 0.3 is 0 Å². The van der Waals surface area contributed by atoms with Crippen molar-refractivity contribution in [1.82, 2.24) is 20.6 Å². The lowest BCUT2D eigenvalue weighted by molar-refractivity contribution is -0.129. The molecule has 2 amide bonds. The van der Waals surface area contributed by atoms with Crippen LogP contribution in [0.2, 0.25) is 1.41 Å². The first-order valence-corrected chi connectivity index (χ1v) is 9.53. The Hall–Kier alpha value is -2.64. The third-order valence-corrected chi connectivity index (χ3v) is 5.14. The lowest BCUT2D eigenvalue weighted by atomic mass is 9.87. The van der Waals surface area contributed by atoms with Gasteiger partial charge in [-0.05, 0) is 17.1 Å². The van der Waals surface area contributed by atoms with Gasteiger partial charge in [0.1, 0.15) is 12.9 Å². The molecule has 2 N–H and O–H groups in total. The fourth-order valence-corrected chi connectivity index (χ4v) is 3.43. The van der Waals surface area contributed by atoms with Gasteiger partial charge in [-0.15, -0.1) is 0 Å². The third kappa shape index (κ3) is 3.43. The first-order chi connectivity index (χ1) is 13.8. The average molecular weight is 383 g/mol. The molecule has 0 saturated carbocycles. The Morgan fingerprint density at radius 2 is 1.96 bits per heavy atom. The molecule has 3 aliphatic heterocycles. The van der Waals surface area contributed by atoms with Gasteiger partial charge in [0.05, 0.1) is 31.4 Å². The lowest BCUT2D eigenvalue weighted by Crippen LogP contribution is -2.50. The summed E-state index contributed by atoms with van der Waals surface area (Å²) in [5, 5.41) is 4.41. The van der Waals surface area contributed by atoms with Crippen molar-refractivity contribution < 1.29 is 15.7 Å². The highest BCUT2D eigenvalue weighted by Crippen LogP contribution is 2.32. The van der Waals surface area contributed by atoms with E-state index in [1.165, 1.54) is 10.4 Å². The Morgan fingerprint density at radius 1 is 1.21 bits per heavy atom. The highest BCUT2D eigenvalue weighted by molar-refractivity contribution is 6.10. The number of nitrogens with one attached hydrogen (secondary N) is 2. The van der Waals surface area contributed by atoms with Crippen molar-refractivity contribution in [3.63, 3.8) is 0 Å². The molecule has 4 rings (SSSR count). The van der Waals surface area contributed by atoms with Gasteiger partial charge in [0, 0.05) is 6.54 Å². The van der Waals surface area contributed by atoms with Crippen molar-refractivity contribution in [2.45, 2.75) is 33.4 Å². The average Bonchev–Trinajstić information content (AvgIpc) is 3.18. The van der Waals surface area contributed by atoms with Crippen molar-refractivity contribution in [1.29, 1.82) is 0 Å². The molecule has 1 unspecified atom stereocenters. The van der Waals surface area contributed by atoms with Crippen LogP contribution < -0.4 is 10.7 Å². The summed E-state index contributed by atoms with van der Waals surface area (Å²) in [4.78, 5) is 27.4. The van der Waals surface area contributed by atoms with Gasteiger partial charge in [-0.2, -0.15) is 0 Å². The van der Waals surface area contributed by atoms with Crippen LogP contribution in [-0.4, -0.2) is 47.5 Å². The van der Waals surface area contributed by atoms with Crippen LogP contribution >= 0.6 is 0 Å². The van der Waals surface area contributed by atoms with Crippen molar-refractivity contribution in [2.75, 3.05) is 19.7 Å². The van der Waals surface area contributed by atoms with Gasteiger partial charge in [-0.25, -0.2) is 10.4 Å². The maximum atomic E-state index is 13.0. The highest BCUT2D eigenvalue weighted by atomic mass is 16.5. The number of ether oxygens (including phenoxy) is 1. The summed E-state index contributed by atoms with van der Waals surface area (Å²) in [6.45, 7) is 7.55. The number of carbonyl (C=O) groups is 2. The van der Waals surface area contributed by atoms with Crippen LogP contribution in [0.5, 0.6) is 0 Å². The van der Waals surface area contributed by atoms with E-state index in [1.54, 1.807) is 4.90 Å². The first kappa shape index (κ1) is 17.5. The molecular weight excluding hydrogens is 356 g/mol. The van der Waals surface area contributed by atoms with Crippen molar-refractivity contribution in [3.8, 4) is 0 Å². The summed E-state index contributed by atoms with van der Waals surface area (Å²) in [5.41, 5.74) is 2.78. The molecule has 28 heavy (non-hydrogen) atoms. The molecule has 7 heteroatoms. The number of benzene rings is 1. The van der Waals surface area contributed by atoms with Crippen molar-refractivity contribution >= 4 is 11.8 Å². The second-order valence-electron chi connectivity index (χ2n) is 8.34. The minimum absolute atomic E-state index is 0.201. The SMILES string of the molecule is [2H]N1C(C(C)(C)C)C=C2NC3=C(CN(CCOCc4ccccc4)C3=O)C(=O)N21. The maximum Gasteiger partial charge on any atom is 0.274 e. The van der Waals surface area contributed by atoms with E-state index in [9.17, 15) is 9.59 Å². The van der Waals surface area contributed by atoms with Crippen LogP contribution in [0.3, 0.4) is 0 Å². The molecule has 0 radical (unpaired) electrons. The van der Waals surface area contributed by atoms with E-state index >= 15 is 0 Å². The van der Waals surface area contributed by atoms with Gasteiger partial charge < -0.3 is 15.0 Å². The normalized spacial score (nSPS) is 22.9. The Morgan fingerprint density at radius 3 is 2.68 bits per heavy atom. The molecule has 0 spiro atoms. The van der Waals surface area contributed by atoms with E-state index in [4.69, 9.17) is 6.15 Å². The number of fused-ring (bicyclic) bond motifs is 1. The molecule has 0 bridgehead atoms. The Balaban J connectivity index is 1.39. The van der Waals surface area contributed by atoms with E-state index in [0.717, 1.165) is 5.56 Å². The Kier molecular flexibility index (Phi) is 4.41. The van der Waals surface area contributed by atoms with E-state index in [-0.39, 0.29) is 29.8 Å². The zero-order valence-corrected chi connectivity index (χ0v) is 16.4. The predicted octanol–water partition coefficient (Wildman–Crippen LogP) is 1.51. The molecule has 148 valence electrons. The molecule has 7 nitrogen and oxygen atoms in total. The van der Waals surface area contributed by atoms with Crippen LogP contribution in [0.1, 0.15) is 26.3 Å². The van der Waals surface area contributed by atoms with E-state index in [2.05, 4.69) is 5.32 Å². The standard InChI is InChI=1S/C21H26N4O3/c1-21(2,3)16-11-17-22-18-15(19(26)25(17)23-16)12-24(20(18)27)9-10-28-13-14-7-5-4-6-8-14/h4-8,11,16,22-23H,9-10,12-13H2,1-3H3/i/hD. The van der Waals surface area contributed by atoms with E-state index in [1.807, 2.05) is 57.2 Å². The minimum Gasteiger partial charge on any atom is -0.375 e. The first-order valence-electron chi connectivity index (χ1n) is 9.97. The topological polar surface area (TPSA) is 73.9 Å². The van der Waals surface area contributed by atoms with Crippen LogP contribution in [0.25, 0.3) is 0 Å². The minimum atomic E-state index is -0.312. The zero-order valence-electron chi connectivity index (χ0n) is 17.4. The quantitative estimate of drug-likeness (QED) is 0.754. The smallest absolute Gasteiger partial charge is 0.274 e. The summed E-state index contributed by atoms with van der Waals surface area (Å²) >= 11 is 0. The zero-order chi connectivity index (χ0) is 20.8. The lowest BCUT2D eigenvalue weighted by Gasteiger charge is -2.30.